The highest BCUT2D eigenvalue weighted by atomic mass is 35.5. The van der Waals surface area contributed by atoms with Crippen LogP contribution in [0.5, 0.6) is 0 Å². The molecule has 7 rings (SSSR count). The number of hydrogen-bond donors (Lipinski definition) is 0. The molecule has 0 unspecified atom stereocenters. The summed E-state index contributed by atoms with van der Waals surface area (Å²) in [6.07, 6.45) is 20.9. The van der Waals surface area contributed by atoms with Crippen molar-refractivity contribution in [3.63, 3.8) is 0 Å². The fourth-order valence-corrected chi connectivity index (χ4v) is 9.42. The van der Waals surface area contributed by atoms with E-state index in [0.29, 0.717) is 0 Å². The Morgan fingerprint density at radius 2 is 1.11 bits per heavy atom. The third-order valence-corrected chi connectivity index (χ3v) is 13.3. The predicted molar refractivity (Wildman–Crippen MR) is 245 cm³/mol. The molecule has 3 heteroatoms. The molecular weight excluding hydrogens is 724 g/mol. The fourth-order valence-electron chi connectivity index (χ4n) is 7.07. The lowest BCUT2D eigenvalue weighted by molar-refractivity contribution is 0.792. The largest absolute Gasteiger partial charge is 0.239 e. The summed E-state index contributed by atoms with van der Waals surface area (Å²) >= 11 is 10.9. The first-order valence-electron chi connectivity index (χ1n) is 19.9. The van der Waals surface area contributed by atoms with Crippen LogP contribution in [0.4, 0.5) is 0 Å². The van der Waals surface area contributed by atoms with E-state index in [0.717, 1.165) is 50.0 Å². The third-order valence-electron chi connectivity index (χ3n) is 10.7. The lowest BCUT2D eigenvalue weighted by Crippen LogP contribution is -1.98. The van der Waals surface area contributed by atoms with Crippen LogP contribution in [0.1, 0.15) is 85.2 Å². The molecule has 0 atom stereocenters. The standard InChI is InChI=1S/C52H50ClS2/c1-5-36-12-20-40(21-13-36)46-32-48(54-50(34-46)42-24-16-38(7-3)17-25-42)30-28-44-10-9-11-45(52(44)53)29-31-49-33-47(41-22-14-37(6-2)15-23-41)35-51(55-49)43-26-18-39(8-4)19-27-43/h12-35H,5-11H2,1-4H3/q+1. The van der Waals surface area contributed by atoms with Crippen LogP contribution in [0, 0.1) is 0 Å². The lowest BCUT2D eigenvalue weighted by atomic mass is 9.94. The highest BCUT2D eigenvalue weighted by Gasteiger charge is 2.19. The van der Waals surface area contributed by atoms with Crippen molar-refractivity contribution in [1.29, 1.82) is 0 Å². The molecule has 1 aromatic heterocycles. The Hall–Kier alpha value is -4.47. The molecule has 4 aromatic carbocycles. The van der Waals surface area contributed by atoms with Gasteiger partial charge in [-0.05, 0) is 137 Å². The molecule has 0 nitrogen and oxygen atoms in total. The van der Waals surface area contributed by atoms with E-state index in [1.807, 2.05) is 23.1 Å². The molecule has 0 fully saturated rings. The zero-order valence-corrected chi connectivity index (χ0v) is 34.9. The minimum atomic E-state index is 0.886. The maximum atomic E-state index is 7.25. The fraction of sp³-hybridized carbons (Fsp3) is 0.212. The highest BCUT2D eigenvalue weighted by molar-refractivity contribution is 8.12. The van der Waals surface area contributed by atoms with Crippen LogP contribution in [0.25, 0.3) is 38.1 Å². The zero-order valence-electron chi connectivity index (χ0n) is 32.5. The minimum absolute atomic E-state index is 0.886. The van der Waals surface area contributed by atoms with Gasteiger partial charge < -0.3 is 0 Å². The van der Waals surface area contributed by atoms with Gasteiger partial charge in [0.15, 0.2) is 0 Å². The van der Waals surface area contributed by atoms with Gasteiger partial charge in [0, 0.05) is 38.6 Å². The molecule has 276 valence electrons. The first-order chi connectivity index (χ1) is 26.9. The van der Waals surface area contributed by atoms with Crippen LogP contribution in [-0.2, 0) is 25.7 Å². The summed E-state index contributed by atoms with van der Waals surface area (Å²) in [7, 11) is 0. The molecule has 0 N–H and O–H groups in total. The Kier molecular flexibility index (Phi) is 13.0. The van der Waals surface area contributed by atoms with E-state index in [1.54, 1.807) is 0 Å². The Morgan fingerprint density at radius 3 is 1.69 bits per heavy atom. The first kappa shape index (κ1) is 38.8. The quantitative estimate of drug-likeness (QED) is 0.120. The Labute approximate surface area is 342 Å². The third kappa shape index (κ3) is 9.68. The van der Waals surface area contributed by atoms with Crippen molar-refractivity contribution in [2.24, 2.45) is 0 Å². The van der Waals surface area contributed by atoms with Gasteiger partial charge in [0.25, 0.3) is 0 Å². The van der Waals surface area contributed by atoms with Crippen molar-refractivity contribution in [2.75, 3.05) is 0 Å². The zero-order chi connectivity index (χ0) is 38.1. The van der Waals surface area contributed by atoms with Crippen LogP contribution in [0.15, 0.2) is 161 Å². The second-order valence-corrected chi connectivity index (χ2v) is 16.9. The maximum Gasteiger partial charge on any atom is 0.239 e. The number of benzene rings is 4. The van der Waals surface area contributed by atoms with Gasteiger partial charge in [0.05, 0.1) is 0 Å². The van der Waals surface area contributed by atoms with Crippen LogP contribution < -0.4 is 0 Å². The summed E-state index contributed by atoms with van der Waals surface area (Å²) in [6, 6.07) is 40.8. The van der Waals surface area contributed by atoms with E-state index in [-0.39, 0.29) is 0 Å². The van der Waals surface area contributed by atoms with Crippen molar-refractivity contribution in [3.8, 4) is 21.6 Å². The van der Waals surface area contributed by atoms with E-state index < -0.39 is 0 Å². The molecule has 1 aliphatic carbocycles. The van der Waals surface area contributed by atoms with Crippen LogP contribution >= 0.6 is 34.7 Å². The molecule has 55 heavy (non-hydrogen) atoms. The molecule has 0 saturated carbocycles. The molecule has 2 heterocycles. The van der Waals surface area contributed by atoms with E-state index in [9.17, 15) is 0 Å². The normalized spacial score (nSPS) is 16.2. The second kappa shape index (κ2) is 18.4. The number of halogens is 1. The van der Waals surface area contributed by atoms with Gasteiger partial charge in [-0.3, -0.25) is 0 Å². The topological polar surface area (TPSA) is 0 Å². The maximum absolute atomic E-state index is 7.25. The van der Waals surface area contributed by atoms with E-state index in [2.05, 4.69) is 173 Å². The van der Waals surface area contributed by atoms with Gasteiger partial charge in [-0.1, -0.05) is 148 Å². The summed E-state index contributed by atoms with van der Waals surface area (Å²) in [5.41, 5.74) is 15.3. The van der Waals surface area contributed by atoms with Gasteiger partial charge in [-0.15, -0.1) is 0 Å². The van der Waals surface area contributed by atoms with Gasteiger partial charge in [-0.25, -0.2) is 0 Å². The molecule has 5 aromatic rings. The van der Waals surface area contributed by atoms with Gasteiger partial charge in [-0.2, -0.15) is 0 Å². The molecular formula is C52H50ClS2+. The Balaban J connectivity index is 1.20. The van der Waals surface area contributed by atoms with Crippen molar-refractivity contribution in [3.05, 3.63) is 199 Å². The predicted octanol–water partition coefficient (Wildman–Crippen LogP) is 16.0. The summed E-state index contributed by atoms with van der Waals surface area (Å²) in [4.78, 5) is 4.97. The monoisotopic (exact) mass is 773 g/mol. The van der Waals surface area contributed by atoms with E-state index in [1.165, 1.54) is 86.4 Å². The van der Waals surface area contributed by atoms with Crippen LogP contribution in [0.2, 0.25) is 0 Å². The summed E-state index contributed by atoms with van der Waals surface area (Å²) < 4.78 is 0. The van der Waals surface area contributed by atoms with Gasteiger partial charge in [0.1, 0.15) is 0 Å². The summed E-state index contributed by atoms with van der Waals surface area (Å²) in [5.74, 6) is 0. The van der Waals surface area contributed by atoms with Gasteiger partial charge in [0.2, 0.25) is 21.1 Å². The summed E-state index contributed by atoms with van der Waals surface area (Å²) in [5, 5.41) is 0.886. The number of allylic oxidation sites excluding steroid dienone is 9. The van der Waals surface area contributed by atoms with Crippen molar-refractivity contribution >= 4 is 51.3 Å². The van der Waals surface area contributed by atoms with Crippen molar-refractivity contribution < 1.29 is 0 Å². The average molecular weight is 775 g/mol. The molecule has 2 aliphatic rings. The van der Waals surface area contributed by atoms with Crippen molar-refractivity contribution in [1.82, 2.24) is 0 Å². The first-order valence-corrected chi connectivity index (χ1v) is 21.9. The van der Waals surface area contributed by atoms with Crippen molar-refractivity contribution in [2.45, 2.75) is 72.6 Å². The SMILES string of the molecule is CCc1ccc(C2=C/C(=C\C=C3/CCCC(/C=C\c4cc(-c5ccc(CC)cc5)cc(-c5ccc(CC)cc5)[s+]4)=C3Cl)SC(c3ccc(CC)cc3)=C2)cc1. The Bertz CT molecular complexity index is 2250. The van der Waals surface area contributed by atoms with Gasteiger partial charge >= 0.3 is 0 Å². The number of rotatable bonds is 11. The van der Waals surface area contributed by atoms with E-state index in [4.69, 9.17) is 11.6 Å². The lowest BCUT2D eigenvalue weighted by Gasteiger charge is -2.18. The Morgan fingerprint density at radius 1 is 0.564 bits per heavy atom. The average Bonchev–Trinajstić information content (AvgIpc) is 3.25. The second-order valence-electron chi connectivity index (χ2n) is 14.3. The molecule has 0 amide bonds. The number of hydrogen-bond acceptors (Lipinski definition) is 1. The van der Waals surface area contributed by atoms with E-state index >= 15 is 0 Å². The molecule has 0 spiro atoms. The molecule has 0 bridgehead atoms. The van der Waals surface area contributed by atoms with Crippen LogP contribution in [-0.4, -0.2) is 0 Å². The smallest absolute Gasteiger partial charge is 0.0894 e. The van der Waals surface area contributed by atoms with Crippen LogP contribution in [0.3, 0.4) is 0 Å². The number of aryl methyl sites for hydroxylation is 4. The molecule has 0 saturated heterocycles. The highest BCUT2D eigenvalue weighted by Crippen LogP contribution is 2.43. The number of thioether (sulfide) groups is 1. The summed E-state index contributed by atoms with van der Waals surface area (Å²) in [6.45, 7) is 8.83. The molecule has 0 radical (unpaired) electrons. The molecule has 1 aliphatic heterocycles. The minimum Gasteiger partial charge on any atom is -0.0894 e.